The Morgan fingerprint density at radius 3 is 2.00 bits per heavy atom. The molecular formula is C25H36N8O3. The van der Waals surface area contributed by atoms with E-state index in [1.54, 1.807) is 39.3 Å². The smallest absolute Gasteiger partial charge is 0.314 e. The summed E-state index contributed by atoms with van der Waals surface area (Å²) in [5.74, 6) is 0.607. The van der Waals surface area contributed by atoms with Crippen molar-refractivity contribution in [3.63, 3.8) is 0 Å². The normalized spacial score (nSPS) is 15.7. The summed E-state index contributed by atoms with van der Waals surface area (Å²) < 4.78 is 0. The minimum Gasteiger partial charge on any atom is -0.364 e. The van der Waals surface area contributed by atoms with Crippen LogP contribution in [0.2, 0.25) is 0 Å². The topological polar surface area (TPSA) is 151 Å². The van der Waals surface area contributed by atoms with Crippen LogP contribution in [-0.2, 0) is 10.2 Å². The number of primary amides is 2. The van der Waals surface area contributed by atoms with Crippen LogP contribution >= 0.6 is 0 Å². The van der Waals surface area contributed by atoms with Crippen molar-refractivity contribution in [2.45, 2.75) is 37.5 Å². The van der Waals surface area contributed by atoms with E-state index in [9.17, 15) is 14.4 Å². The quantitative estimate of drug-likeness (QED) is 0.554. The number of carbonyl (C=O) groups is 3. The monoisotopic (exact) mass is 496 g/mol. The molecule has 36 heavy (non-hydrogen) atoms. The molecule has 194 valence electrons. The van der Waals surface area contributed by atoms with Crippen LogP contribution in [0.1, 0.15) is 48.2 Å². The standard InChI is InChI=1S/C22H28N6O2.C3H8N2O/c1-27(2)21(30)22(10-11-22)15-6-8-16(9-7-15)25-20-18(19(23)29)24-14-17(26-20)28-12-4-3-5-13-28;1-5(2)3(4)6/h6-9,14H,3-5,10-13H2,1-2H3,(H2,23,29)(H,25,26);1-2H3,(H2,4,6). The van der Waals surface area contributed by atoms with E-state index >= 15 is 0 Å². The van der Waals surface area contributed by atoms with Crippen LogP contribution in [0.15, 0.2) is 30.5 Å². The number of hydrogen-bond acceptors (Lipinski definition) is 7. The molecule has 1 aliphatic heterocycles. The van der Waals surface area contributed by atoms with Crippen molar-refractivity contribution in [1.82, 2.24) is 19.8 Å². The van der Waals surface area contributed by atoms with Gasteiger partial charge in [-0.1, -0.05) is 12.1 Å². The average Bonchev–Trinajstić information content (AvgIpc) is 3.66. The van der Waals surface area contributed by atoms with Gasteiger partial charge >= 0.3 is 6.03 Å². The number of anilines is 3. The van der Waals surface area contributed by atoms with Gasteiger partial charge in [0.25, 0.3) is 5.91 Å². The van der Waals surface area contributed by atoms with Gasteiger partial charge in [0.2, 0.25) is 5.91 Å². The third-order valence-electron chi connectivity index (χ3n) is 6.38. The Morgan fingerprint density at radius 1 is 0.944 bits per heavy atom. The number of carbonyl (C=O) groups excluding carboxylic acids is 3. The van der Waals surface area contributed by atoms with Crippen LogP contribution in [0.25, 0.3) is 0 Å². The van der Waals surface area contributed by atoms with Gasteiger partial charge in [-0.15, -0.1) is 0 Å². The van der Waals surface area contributed by atoms with Gasteiger partial charge in [0.15, 0.2) is 11.5 Å². The Balaban J connectivity index is 0.000000538. The number of nitrogens with two attached hydrogens (primary N) is 2. The summed E-state index contributed by atoms with van der Waals surface area (Å²) in [7, 11) is 6.78. The Kier molecular flexibility index (Phi) is 8.33. The Hall–Kier alpha value is -3.89. The van der Waals surface area contributed by atoms with Crippen molar-refractivity contribution in [2.75, 3.05) is 51.5 Å². The zero-order valence-electron chi connectivity index (χ0n) is 21.5. The molecule has 2 heterocycles. The number of amides is 4. The molecule has 1 aliphatic carbocycles. The molecule has 2 aromatic rings. The largest absolute Gasteiger partial charge is 0.364 e. The van der Waals surface area contributed by atoms with Gasteiger partial charge < -0.3 is 31.5 Å². The molecule has 11 heteroatoms. The number of hydrogen-bond donors (Lipinski definition) is 3. The molecule has 11 nitrogen and oxygen atoms in total. The van der Waals surface area contributed by atoms with Crippen LogP contribution in [0, 0.1) is 0 Å². The van der Waals surface area contributed by atoms with Gasteiger partial charge in [0.1, 0.15) is 5.82 Å². The van der Waals surface area contributed by atoms with Gasteiger partial charge in [-0.2, -0.15) is 0 Å². The van der Waals surface area contributed by atoms with Crippen LogP contribution in [0.3, 0.4) is 0 Å². The summed E-state index contributed by atoms with van der Waals surface area (Å²) in [4.78, 5) is 48.3. The molecule has 2 fully saturated rings. The SMILES string of the molecule is CN(C)C(=O)C1(c2ccc(Nc3nc(N4CCCCC4)cnc3C(N)=O)cc2)CC1.CN(C)C(N)=O. The first-order valence-electron chi connectivity index (χ1n) is 12.0. The maximum absolute atomic E-state index is 12.5. The molecule has 0 bridgehead atoms. The molecule has 4 amide bonds. The van der Waals surface area contributed by atoms with E-state index in [1.807, 2.05) is 24.3 Å². The fourth-order valence-corrected chi connectivity index (χ4v) is 4.11. The average molecular weight is 497 g/mol. The minimum atomic E-state index is -0.625. The molecule has 1 saturated carbocycles. The first-order valence-corrected chi connectivity index (χ1v) is 12.0. The summed E-state index contributed by atoms with van der Waals surface area (Å²) in [6, 6.07) is 7.32. The van der Waals surface area contributed by atoms with E-state index in [0.717, 1.165) is 55.8 Å². The van der Waals surface area contributed by atoms with E-state index < -0.39 is 17.4 Å². The number of nitrogens with zero attached hydrogens (tertiary/aromatic N) is 5. The third kappa shape index (κ3) is 6.21. The summed E-state index contributed by atoms with van der Waals surface area (Å²) in [6.07, 6.45) is 6.81. The van der Waals surface area contributed by atoms with Crippen LogP contribution in [0.4, 0.5) is 22.1 Å². The lowest BCUT2D eigenvalue weighted by atomic mass is 9.94. The Morgan fingerprint density at radius 2 is 1.53 bits per heavy atom. The molecule has 2 aliphatic rings. The second-order valence-electron chi connectivity index (χ2n) is 9.55. The van der Waals surface area contributed by atoms with Crippen LogP contribution in [-0.4, -0.2) is 78.9 Å². The molecule has 0 spiro atoms. The maximum atomic E-state index is 12.5. The molecule has 0 atom stereocenters. The molecule has 4 rings (SSSR count). The lowest BCUT2D eigenvalue weighted by Gasteiger charge is -2.27. The summed E-state index contributed by atoms with van der Waals surface area (Å²) in [6.45, 7) is 1.86. The lowest BCUT2D eigenvalue weighted by Crippen LogP contribution is -2.33. The first kappa shape index (κ1) is 26.7. The fourth-order valence-electron chi connectivity index (χ4n) is 4.11. The number of rotatable bonds is 6. The number of likely N-dealkylation sites (N-methyl/N-ethyl adjacent to an activating group) is 1. The molecule has 1 saturated heterocycles. The van der Waals surface area contributed by atoms with E-state index in [2.05, 4.69) is 20.2 Å². The molecular weight excluding hydrogens is 460 g/mol. The van der Waals surface area contributed by atoms with Gasteiger partial charge in [0.05, 0.1) is 11.6 Å². The second kappa shape index (κ2) is 11.2. The fraction of sp³-hybridized carbons (Fsp3) is 0.480. The van der Waals surface area contributed by atoms with Crippen molar-refractivity contribution in [3.05, 3.63) is 41.7 Å². The van der Waals surface area contributed by atoms with E-state index in [-0.39, 0.29) is 11.6 Å². The van der Waals surface area contributed by atoms with Gasteiger partial charge in [0, 0.05) is 47.0 Å². The summed E-state index contributed by atoms with van der Waals surface area (Å²) >= 11 is 0. The highest BCUT2D eigenvalue weighted by Gasteiger charge is 2.51. The molecule has 5 N–H and O–H groups in total. The van der Waals surface area contributed by atoms with Gasteiger partial charge in [-0.3, -0.25) is 9.59 Å². The van der Waals surface area contributed by atoms with E-state index in [4.69, 9.17) is 11.5 Å². The summed E-state index contributed by atoms with van der Waals surface area (Å²) in [5, 5.41) is 3.19. The molecule has 1 aromatic carbocycles. The maximum Gasteiger partial charge on any atom is 0.314 e. The third-order valence-corrected chi connectivity index (χ3v) is 6.38. The van der Waals surface area contributed by atoms with Crippen molar-refractivity contribution in [3.8, 4) is 0 Å². The number of nitrogens with one attached hydrogen (secondary N) is 1. The van der Waals surface area contributed by atoms with E-state index in [0.29, 0.717) is 5.82 Å². The van der Waals surface area contributed by atoms with Crippen LogP contribution < -0.4 is 21.7 Å². The zero-order valence-corrected chi connectivity index (χ0v) is 21.5. The number of urea groups is 1. The Bertz CT molecular complexity index is 1090. The molecule has 1 aromatic heterocycles. The number of aromatic nitrogens is 2. The number of benzene rings is 1. The van der Waals surface area contributed by atoms with Crippen molar-refractivity contribution < 1.29 is 14.4 Å². The lowest BCUT2D eigenvalue weighted by molar-refractivity contribution is -0.131. The highest BCUT2D eigenvalue weighted by Crippen LogP contribution is 2.49. The highest BCUT2D eigenvalue weighted by molar-refractivity contribution is 5.96. The number of piperidine rings is 1. The Labute approximate surface area is 211 Å². The summed E-state index contributed by atoms with van der Waals surface area (Å²) in [5.41, 5.74) is 11.7. The second-order valence-corrected chi connectivity index (χ2v) is 9.55. The van der Waals surface area contributed by atoms with Crippen molar-refractivity contribution >= 4 is 35.2 Å². The van der Waals surface area contributed by atoms with E-state index in [1.165, 1.54) is 11.3 Å². The van der Waals surface area contributed by atoms with Crippen LogP contribution in [0.5, 0.6) is 0 Å². The predicted octanol–water partition coefficient (Wildman–Crippen LogP) is 2.06. The van der Waals surface area contributed by atoms with Crippen molar-refractivity contribution in [1.29, 1.82) is 0 Å². The molecule has 0 radical (unpaired) electrons. The minimum absolute atomic E-state index is 0.112. The zero-order chi connectivity index (χ0) is 26.5. The highest BCUT2D eigenvalue weighted by atomic mass is 16.2. The molecule has 0 unspecified atom stereocenters. The first-order chi connectivity index (χ1) is 17.0. The van der Waals surface area contributed by atoms with Gasteiger partial charge in [-0.25, -0.2) is 14.8 Å². The van der Waals surface area contributed by atoms with Gasteiger partial charge in [-0.05, 0) is 49.8 Å². The predicted molar refractivity (Wildman–Crippen MR) is 139 cm³/mol. The van der Waals surface area contributed by atoms with Crippen molar-refractivity contribution in [2.24, 2.45) is 11.5 Å².